The summed E-state index contributed by atoms with van der Waals surface area (Å²) >= 11 is 0. The number of fused-ring (bicyclic) bond motifs is 1. The van der Waals surface area contributed by atoms with Crippen LogP contribution >= 0.6 is 0 Å². The number of ether oxygens (including phenoxy) is 1. The molecule has 0 saturated carbocycles. The van der Waals surface area contributed by atoms with Crippen LogP contribution < -0.4 is 0 Å². The van der Waals surface area contributed by atoms with Crippen LogP contribution in [0.5, 0.6) is 0 Å². The SMILES string of the molecule is CCN(C(=O)c1cc(F)ccc1-c1cc(CC2CN([C@@H](CCCN(C)CCOC)C(C)C)C2)n2c(C)cncc12)C(C)C. The number of likely N-dealkylation sites (N-methyl/N-ethyl adjacent to an activating group) is 1. The van der Waals surface area contributed by atoms with E-state index < -0.39 is 5.82 Å². The van der Waals surface area contributed by atoms with Crippen molar-refractivity contribution in [3.63, 3.8) is 0 Å². The first-order valence-electron chi connectivity index (χ1n) is 16.0. The fourth-order valence-corrected chi connectivity index (χ4v) is 6.76. The van der Waals surface area contributed by atoms with Gasteiger partial charge in [-0.05, 0) is 96.1 Å². The molecule has 0 radical (unpaired) electrons. The topological polar surface area (TPSA) is 53.3 Å². The molecule has 1 aliphatic heterocycles. The molecular weight excluding hydrogens is 541 g/mol. The van der Waals surface area contributed by atoms with Crippen LogP contribution in [0.2, 0.25) is 0 Å². The van der Waals surface area contributed by atoms with Crippen LogP contribution in [0.1, 0.15) is 69.2 Å². The lowest BCUT2D eigenvalue weighted by Gasteiger charge is -2.46. The first-order chi connectivity index (χ1) is 20.5. The molecule has 43 heavy (non-hydrogen) atoms. The molecule has 2 aromatic heterocycles. The van der Waals surface area contributed by atoms with E-state index in [1.165, 1.54) is 30.7 Å². The zero-order valence-corrected chi connectivity index (χ0v) is 27.6. The molecule has 3 heterocycles. The van der Waals surface area contributed by atoms with Crippen LogP contribution in [0, 0.1) is 24.6 Å². The van der Waals surface area contributed by atoms with Gasteiger partial charge in [-0.1, -0.05) is 19.9 Å². The lowest BCUT2D eigenvalue weighted by atomic mass is 9.87. The highest BCUT2D eigenvalue weighted by atomic mass is 19.1. The monoisotopic (exact) mass is 593 g/mol. The Morgan fingerprint density at radius 3 is 2.51 bits per heavy atom. The molecule has 1 amide bonds. The van der Waals surface area contributed by atoms with Crippen LogP contribution in [0.25, 0.3) is 16.6 Å². The number of carbonyl (C=O) groups excluding carboxylic acids is 1. The first-order valence-corrected chi connectivity index (χ1v) is 16.0. The van der Waals surface area contributed by atoms with Gasteiger partial charge in [0.25, 0.3) is 5.91 Å². The number of rotatable bonds is 15. The van der Waals surface area contributed by atoms with Crippen molar-refractivity contribution >= 4 is 11.4 Å². The van der Waals surface area contributed by atoms with Gasteiger partial charge in [0.2, 0.25) is 0 Å². The number of carbonyl (C=O) groups is 1. The minimum absolute atomic E-state index is 0.0201. The van der Waals surface area contributed by atoms with Crippen molar-refractivity contribution in [3.8, 4) is 11.1 Å². The molecule has 0 N–H and O–H groups in total. The first kappa shape index (κ1) is 33.1. The number of aromatic nitrogens is 2. The number of likely N-dealkylation sites (tertiary alicyclic amines) is 1. The fourth-order valence-electron chi connectivity index (χ4n) is 6.76. The van der Waals surface area contributed by atoms with Crippen molar-refractivity contribution in [2.24, 2.45) is 11.8 Å². The number of nitrogens with zero attached hydrogens (tertiary/aromatic N) is 5. The molecule has 0 bridgehead atoms. The van der Waals surface area contributed by atoms with Gasteiger partial charge in [0.15, 0.2) is 0 Å². The Bertz CT molecular complexity index is 1360. The highest BCUT2D eigenvalue weighted by molar-refractivity contribution is 6.03. The summed E-state index contributed by atoms with van der Waals surface area (Å²) in [5, 5.41) is 0. The third kappa shape index (κ3) is 7.65. The second-order valence-electron chi connectivity index (χ2n) is 13.0. The molecule has 1 atom stereocenters. The number of hydrogen-bond acceptors (Lipinski definition) is 5. The maximum atomic E-state index is 14.5. The van der Waals surface area contributed by atoms with E-state index in [9.17, 15) is 9.18 Å². The number of hydrogen-bond donors (Lipinski definition) is 0. The summed E-state index contributed by atoms with van der Waals surface area (Å²) in [7, 11) is 3.93. The summed E-state index contributed by atoms with van der Waals surface area (Å²) in [5.74, 6) is 0.630. The molecule has 236 valence electrons. The second-order valence-corrected chi connectivity index (χ2v) is 13.0. The molecule has 0 unspecified atom stereocenters. The Hall–Kier alpha value is -2.81. The van der Waals surface area contributed by atoms with Crippen LogP contribution in [-0.2, 0) is 11.2 Å². The third-order valence-corrected chi connectivity index (χ3v) is 9.09. The van der Waals surface area contributed by atoms with E-state index in [2.05, 4.69) is 53.1 Å². The maximum Gasteiger partial charge on any atom is 0.254 e. The third-order valence-electron chi connectivity index (χ3n) is 9.09. The van der Waals surface area contributed by atoms with Crippen molar-refractivity contribution in [1.82, 2.24) is 24.1 Å². The molecule has 0 spiro atoms. The van der Waals surface area contributed by atoms with Gasteiger partial charge in [-0.2, -0.15) is 0 Å². The maximum absolute atomic E-state index is 14.5. The molecule has 3 aromatic rings. The van der Waals surface area contributed by atoms with E-state index in [4.69, 9.17) is 4.74 Å². The Morgan fingerprint density at radius 2 is 1.86 bits per heavy atom. The van der Waals surface area contributed by atoms with Crippen molar-refractivity contribution in [1.29, 1.82) is 0 Å². The van der Waals surface area contributed by atoms with E-state index in [1.807, 2.05) is 33.2 Å². The van der Waals surface area contributed by atoms with Gasteiger partial charge >= 0.3 is 0 Å². The van der Waals surface area contributed by atoms with Gasteiger partial charge < -0.3 is 18.9 Å². The van der Waals surface area contributed by atoms with Crippen molar-refractivity contribution in [3.05, 3.63) is 59.4 Å². The van der Waals surface area contributed by atoms with E-state index in [1.54, 1.807) is 18.1 Å². The summed E-state index contributed by atoms with van der Waals surface area (Å²) in [4.78, 5) is 24.9. The normalized spacial score (nSPS) is 15.2. The molecule has 1 fully saturated rings. The van der Waals surface area contributed by atoms with Crippen LogP contribution in [-0.4, -0.2) is 95.6 Å². The lowest BCUT2D eigenvalue weighted by molar-refractivity contribution is 0.0249. The Balaban J connectivity index is 1.54. The van der Waals surface area contributed by atoms with Crippen molar-refractivity contribution in [2.75, 3.05) is 53.5 Å². The summed E-state index contributed by atoms with van der Waals surface area (Å²) in [6.45, 7) is 18.3. The van der Waals surface area contributed by atoms with Crippen molar-refractivity contribution in [2.45, 2.75) is 72.9 Å². The molecule has 8 heteroatoms. The zero-order chi connectivity index (χ0) is 31.3. The minimum atomic E-state index is -0.402. The van der Waals surface area contributed by atoms with Crippen LogP contribution in [0.3, 0.4) is 0 Å². The van der Waals surface area contributed by atoms with Crippen LogP contribution in [0.15, 0.2) is 36.7 Å². The summed E-state index contributed by atoms with van der Waals surface area (Å²) in [6.07, 6.45) is 7.10. The number of amides is 1. The van der Waals surface area contributed by atoms with Gasteiger partial charge in [0.1, 0.15) is 5.82 Å². The average molecular weight is 594 g/mol. The van der Waals surface area contributed by atoms with Crippen LogP contribution in [0.4, 0.5) is 4.39 Å². The Labute approximate surface area is 258 Å². The Morgan fingerprint density at radius 1 is 1.12 bits per heavy atom. The largest absolute Gasteiger partial charge is 0.383 e. The molecule has 4 rings (SSSR count). The Kier molecular flexibility index (Phi) is 11.4. The second kappa shape index (κ2) is 14.8. The van der Waals surface area contributed by atoms with E-state index >= 15 is 0 Å². The standard InChI is InChI=1S/C35H52FN5O2/c1-9-40(25(4)5)35(42)32-18-28(36)12-13-30(32)31-19-29(41-26(6)20-37-21-34(31)41)17-27-22-39(23-27)33(24(2)3)11-10-14-38(7)15-16-43-8/h12-13,18-21,24-25,27,33H,9-11,14-17,22-23H2,1-8H3/t33-/m0/s1. The molecule has 0 aliphatic carbocycles. The highest BCUT2D eigenvalue weighted by Gasteiger charge is 2.34. The molecule has 1 saturated heterocycles. The smallest absolute Gasteiger partial charge is 0.254 e. The average Bonchev–Trinajstić information content (AvgIpc) is 3.31. The molecule has 7 nitrogen and oxygen atoms in total. The van der Waals surface area contributed by atoms with Gasteiger partial charge in [0.05, 0.1) is 23.9 Å². The highest BCUT2D eigenvalue weighted by Crippen LogP contribution is 2.35. The van der Waals surface area contributed by atoms with Gasteiger partial charge in [-0.3, -0.25) is 14.7 Å². The van der Waals surface area contributed by atoms with E-state index in [0.29, 0.717) is 30.0 Å². The number of methoxy groups -OCH3 is 1. The van der Waals surface area contributed by atoms with Gasteiger partial charge in [-0.25, -0.2) is 4.39 Å². The van der Waals surface area contributed by atoms with Gasteiger partial charge in [0, 0.05) is 68.5 Å². The molecular formula is C35H52FN5O2. The number of aryl methyl sites for hydroxylation is 1. The molecule has 1 aromatic carbocycles. The van der Waals surface area contributed by atoms with Crippen molar-refractivity contribution < 1.29 is 13.9 Å². The van der Waals surface area contributed by atoms with E-state index in [0.717, 1.165) is 61.5 Å². The summed E-state index contributed by atoms with van der Waals surface area (Å²) < 4.78 is 22.0. The predicted molar refractivity (Wildman–Crippen MR) is 173 cm³/mol. The fraction of sp³-hybridized carbons (Fsp3) is 0.600. The number of benzene rings is 1. The summed E-state index contributed by atoms with van der Waals surface area (Å²) in [6, 6.07) is 7.41. The quantitative estimate of drug-likeness (QED) is 0.211. The predicted octanol–water partition coefficient (Wildman–Crippen LogP) is 6.18. The minimum Gasteiger partial charge on any atom is -0.383 e. The van der Waals surface area contributed by atoms with E-state index in [-0.39, 0.29) is 11.9 Å². The van der Waals surface area contributed by atoms with Gasteiger partial charge in [-0.15, -0.1) is 0 Å². The number of halogens is 1. The lowest BCUT2D eigenvalue weighted by Crippen LogP contribution is -2.54. The zero-order valence-electron chi connectivity index (χ0n) is 27.6. The summed E-state index contributed by atoms with van der Waals surface area (Å²) in [5.41, 5.74) is 5.32. The molecule has 1 aliphatic rings.